The third-order valence-corrected chi connectivity index (χ3v) is 23.5. The number of Topliss-reactive ketones (excluding diaryl/α,β-unsaturated/α-hetero) is 2. The van der Waals surface area contributed by atoms with Crippen molar-refractivity contribution in [2.24, 2.45) is 0 Å². The van der Waals surface area contributed by atoms with Crippen molar-refractivity contribution in [3.8, 4) is 63.2 Å². The van der Waals surface area contributed by atoms with E-state index in [0.717, 1.165) is 85.0 Å². The van der Waals surface area contributed by atoms with Crippen molar-refractivity contribution < 1.29 is 155 Å². The summed E-state index contributed by atoms with van der Waals surface area (Å²) in [5.41, 5.74) is 17.1. The number of amides is 2. The van der Waals surface area contributed by atoms with Crippen LogP contribution in [0.2, 0.25) is 0 Å². The van der Waals surface area contributed by atoms with Gasteiger partial charge in [-0.25, -0.2) is 17.6 Å². The van der Waals surface area contributed by atoms with Gasteiger partial charge in [-0.1, -0.05) is 30.3 Å². The molecule has 0 spiro atoms. The summed E-state index contributed by atoms with van der Waals surface area (Å²) in [6.07, 6.45) is -2.84. The van der Waals surface area contributed by atoms with E-state index in [4.69, 9.17) is 61.6 Å². The van der Waals surface area contributed by atoms with Gasteiger partial charge >= 0.3 is 12.7 Å². The van der Waals surface area contributed by atoms with Gasteiger partial charge in [0.15, 0.2) is 71.2 Å². The number of phenolic OH excluding ortho intramolecular Hbond substituents is 4. The summed E-state index contributed by atoms with van der Waals surface area (Å²) in [4.78, 5) is 50.2. The first kappa shape index (κ1) is 101. The van der Waals surface area contributed by atoms with Crippen LogP contribution in [0.5, 0.6) is 63.2 Å². The van der Waals surface area contributed by atoms with Gasteiger partial charge in [-0.15, -0.1) is 26.3 Å². The van der Waals surface area contributed by atoms with Crippen LogP contribution in [0.4, 0.5) is 43.9 Å². The number of hydrogen-bond donors (Lipinski definition) is 6. The number of nitrogens with one attached hydrogen (secondary N) is 2. The Labute approximate surface area is 781 Å². The highest BCUT2D eigenvalue weighted by Gasteiger charge is 2.38. The Kier molecular flexibility index (Phi) is 33.0. The normalized spacial score (nSPS) is 18.0. The van der Waals surface area contributed by atoms with E-state index in [1.165, 1.54) is 102 Å². The van der Waals surface area contributed by atoms with Crippen LogP contribution >= 0.6 is 0 Å². The molecule has 4 aliphatic heterocycles. The number of carbonyl (C=O) groups excluding carboxylic acids is 4. The molecule has 4 fully saturated rings. The lowest BCUT2D eigenvalue weighted by Crippen LogP contribution is -2.32. The molecule has 0 bridgehead atoms. The number of rotatable bonds is 29. The van der Waals surface area contributed by atoms with Crippen LogP contribution in [-0.4, -0.2) is 183 Å². The van der Waals surface area contributed by atoms with Crippen molar-refractivity contribution in [1.29, 1.82) is 0 Å². The smallest absolute Gasteiger partial charge is 0.504 e. The predicted octanol–water partition coefficient (Wildman–Crippen LogP) is 19.6. The summed E-state index contributed by atoms with van der Waals surface area (Å²) in [5, 5.41) is 45.7. The quantitative estimate of drug-likeness (QED) is 0.0237. The van der Waals surface area contributed by atoms with Crippen LogP contribution in [0.15, 0.2) is 150 Å². The number of halogens is 10. The molecule has 8 aliphatic rings. The van der Waals surface area contributed by atoms with E-state index >= 15 is 0 Å². The van der Waals surface area contributed by atoms with Crippen LogP contribution in [0, 0.1) is 23.3 Å². The first-order chi connectivity index (χ1) is 65.4. The fraction of sp³-hybridized carbons (Fsp3) is 0.333. The number of allylic oxidation sites excluding steroid dienone is 10. The minimum absolute atomic E-state index is 0.0373. The summed E-state index contributed by atoms with van der Waals surface area (Å²) < 4.78 is 210. The molecule has 0 saturated carbocycles. The third-order valence-electron chi connectivity index (χ3n) is 23.5. The van der Waals surface area contributed by atoms with E-state index in [2.05, 4.69) is 20.1 Å². The number of methoxy groups -OCH3 is 5. The zero-order valence-corrected chi connectivity index (χ0v) is 76.2. The van der Waals surface area contributed by atoms with Crippen molar-refractivity contribution in [3.05, 3.63) is 240 Å². The Balaban J connectivity index is 0.000000154. The molecule has 25 nitrogen and oxygen atoms in total. The van der Waals surface area contributed by atoms with Gasteiger partial charge in [-0.2, -0.15) is 0 Å². The number of carbonyl (C=O) groups is 4. The molecule has 2 unspecified atom stereocenters. The van der Waals surface area contributed by atoms with Crippen molar-refractivity contribution >= 4 is 92.3 Å². The van der Waals surface area contributed by atoms with E-state index < -0.39 is 66.2 Å². The van der Waals surface area contributed by atoms with Gasteiger partial charge in [0.05, 0.1) is 120 Å². The Hall–Kier alpha value is -13.3. The number of benzene rings is 8. The lowest BCUT2D eigenvalue weighted by Gasteiger charge is -2.14. The molecule has 8 aromatic rings. The summed E-state index contributed by atoms with van der Waals surface area (Å²) >= 11 is 0. The zero-order chi connectivity index (χ0) is 98.4. The summed E-state index contributed by atoms with van der Waals surface area (Å²) in [7, 11) is 7.09. The van der Waals surface area contributed by atoms with E-state index in [1.807, 2.05) is 32.9 Å². The Morgan fingerprint density at radius 2 is 0.686 bits per heavy atom. The number of hydrogen-bond acceptors (Lipinski definition) is 23. The largest absolute Gasteiger partial charge is 0.573 e. The summed E-state index contributed by atoms with van der Waals surface area (Å²) in [5.74, 6) is -4.35. The van der Waals surface area contributed by atoms with Gasteiger partial charge in [0.1, 0.15) is 34.8 Å². The van der Waals surface area contributed by atoms with Crippen LogP contribution < -0.4 is 43.8 Å². The van der Waals surface area contributed by atoms with Crippen LogP contribution in [0.25, 0.3) is 68.9 Å². The molecule has 4 saturated heterocycles. The first-order valence-electron chi connectivity index (χ1n) is 43.4. The highest BCUT2D eigenvalue weighted by molar-refractivity contribution is 6.11. The maximum absolute atomic E-state index is 14.2. The number of ether oxygens (including phenoxy) is 15. The van der Waals surface area contributed by atoms with Crippen LogP contribution in [0.3, 0.4) is 0 Å². The average molecular weight is 1910 g/mol. The molecule has 8 aromatic carbocycles. The number of ketones is 2. The molecule has 137 heavy (non-hydrogen) atoms. The molecule has 35 heteroatoms. The van der Waals surface area contributed by atoms with E-state index in [0.29, 0.717) is 163 Å². The molecule has 2 atom stereocenters. The van der Waals surface area contributed by atoms with Crippen molar-refractivity contribution in [3.63, 3.8) is 0 Å². The minimum atomic E-state index is -5.03. The molecule has 726 valence electrons. The number of phenols is 4. The summed E-state index contributed by atoms with van der Waals surface area (Å²) in [6.45, 7) is 12.9. The second-order valence-electron chi connectivity index (χ2n) is 32.5. The fourth-order valence-corrected chi connectivity index (χ4v) is 16.9. The number of alkyl halides is 6. The van der Waals surface area contributed by atoms with Gasteiger partial charge in [0.2, 0.25) is 29.1 Å². The lowest BCUT2D eigenvalue weighted by molar-refractivity contribution is -0.276. The second kappa shape index (κ2) is 44.7. The monoisotopic (exact) mass is 1910 g/mol. The Morgan fingerprint density at radius 3 is 1.03 bits per heavy atom. The van der Waals surface area contributed by atoms with Crippen molar-refractivity contribution in [2.45, 2.75) is 130 Å². The summed E-state index contributed by atoms with van der Waals surface area (Å²) in [6, 6.07) is 30.4. The molecule has 2 amide bonds. The van der Waals surface area contributed by atoms with Gasteiger partial charge in [0, 0.05) is 19.3 Å². The standard InChI is InChI=1S/C27H29FO6.C26H27FO6.C25H23F4NO6.C24H21F4NO5/c1-15-21(8-6-19(29)13-20-14-33-16(2)34-20)24-12-18(28)5-7-22(24)23(15)9-17-10-25(31-3)27(30)26(11-17)32-4;1-15-19(7-5-18(28)14-25-32-8-9-33-25)22-13-17(27)4-6-20(22)21(15)10-16-11-23(30-2)26(29)24(12-16)31-3;1-13-17(7-14-8-20(33-2)24(32)21(9-14)36-25(27,28)29)16-4-3-15(26)10-19(16)18(13)11-22(31)30-12-23-34-5-6-35-23;1-13-17(8-14-2-5-20(30)21(9-14)34-24(26,27)28)16-4-3-15(25)10-19(16)18(13)11-22(31)29-12-23-32-6-7-33-23/h5,7,9-12,16,20,30H,6,8,13-14H2,1-4H3;4,6,10-13,25,29H,5,7-9,14H2,1-3H3;3-4,7-10,23,32H,5-6,11-12H2,1-2H3,(H,30,31);2-5,8-10,23,30H,6-7,11-12H2,1H3,(H,29,31)/b23-9-;21-10-;17-7-;17-8-. The van der Waals surface area contributed by atoms with Gasteiger partial charge < -0.3 is 102 Å². The van der Waals surface area contributed by atoms with E-state index in [1.54, 1.807) is 68.5 Å². The SMILES string of the molecule is CC1=C(CC(=O)NCC2OCCO2)c2cc(F)ccc2/C1=C\c1ccc(O)c(OC(F)(F)F)c1.COc1cc(/C=C2/C(C)=C(CC(=O)NCC3OCCO3)c3cc(F)ccc32)cc(OC(F)(F)F)c1O.COc1cc(/C=C2/C(C)=C(CCC(=O)CC3COC(C)O3)c3cc(F)ccc32)cc(OC)c1O.COc1cc(/C=C2/C(C)=C(CCC(=O)CC3OCCO3)c3cc(F)ccc32)cc(OC)c1O. The lowest BCUT2D eigenvalue weighted by atomic mass is 9.98. The van der Waals surface area contributed by atoms with Crippen LogP contribution in [-0.2, 0) is 57.1 Å². The number of aromatic hydroxyl groups is 4. The molecule has 16 rings (SSSR count). The highest BCUT2D eigenvalue weighted by Crippen LogP contribution is 2.52. The molecule has 0 aromatic heterocycles. The van der Waals surface area contributed by atoms with Gasteiger partial charge in [-0.05, 0) is 302 Å². The second-order valence-corrected chi connectivity index (χ2v) is 32.5. The van der Waals surface area contributed by atoms with Gasteiger partial charge in [-0.3, -0.25) is 19.2 Å². The topological polar surface area (TPSA) is 312 Å². The molecule has 4 heterocycles. The van der Waals surface area contributed by atoms with E-state index in [9.17, 15) is 83.5 Å². The zero-order valence-electron chi connectivity index (χ0n) is 76.2. The highest BCUT2D eigenvalue weighted by atomic mass is 19.4. The van der Waals surface area contributed by atoms with Crippen LogP contribution in [0.1, 0.15) is 153 Å². The molecule has 4 aliphatic carbocycles. The van der Waals surface area contributed by atoms with E-state index in [-0.39, 0.29) is 103 Å². The maximum Gasteiger partial charge on any atom is 0.573 e. The predicted molar refractivity (Wildman–Crippen MR) is 486 cm³/mol. The third kappa shape index (κ3) is 25.3. The van der Waals surface area contributed by atoms with Gasteiger partial charge in [0.25, 0.3) is 0 Å². The Bertz CT molecular complexity index is 6120. The Morgan fingerprint density at radius 1 is 0.380 bits per heavy atom. The molecule has 6 N–H and O–H groups in total. The van der Waals surface area contributed by atoms with Crippen molar-refractivity contribution in [2.75, 3.05) is 94.9 Å². The minimum Gasteiger partial charge on any atom is -0.504 e. The maximum atomic E-state index is 14.2. The molecular formula is C102H100F10N2O23. The average Bonchev–Trinajstić information content (AvgIpc) is 1.63. The number of fused-ring (bicyclic) bond motifs is 4. The fourth-order valence-electron chi connectivity index (χ4n) is 16.9. The molecular weight excluding hydrogens is 1810 g/mol. The first-order valence-corrected chi connectivity index (χ1v) is 43.4. The molecule has 0 radical (unpaired) electrons. The van der Waals surface area contributed by atoms with Crippen molar-refractivity contribution in [1.82, 2.24) is 10.6 Å².